The van der Waals surface area contributed by atoms with Crippen LogP contribution in [0.25, 0.3) is 4.96 Å². The average Bonchev–Trinajstić information content (AvgIpc) is 2.93. The second-order valence-corrected chi connectivity index (χ2v) is 8.00. The van der Waals surface area contributed by atoms with Crippen LogP contribution in [0.5, 0.6) is 0 Å². The molecular weight excluding hydrogens is 332 g/mol. The van der Waals surface area contributed by atoms with Crippen LogP contribution in [0.2, 0.25) is 5.15 Å². The molecule has 1 N–H and O–H groups in total. The molecule has 0 amide bonds. The van der Waals surface area contributed by atoms with Gasteiger partial charge in [0.05, 0.1) is 0 Å². The Labute approximate surface area is 133 Å². The van der Waals surface area contributed by atoms with E-state index in [0.29, 0.717) is 17.5 Å². The topological polar surface area (TPSA) is 66.7 Å². The van der Waals surface area contributed by atoms with Crippen molar-refractivity contribution in [3.63, 3.8) is 0 Å². The second kappa shape index (κ2) is 6.62. The summed E-state index contributed by atoms with van der Waals surface area (Å²) in [6.45, 7) is 5.40. The number of nitrogens with one attached hydrogen (secondary N) is 1. The summed E-state index contributed by atoms with van der Waals surface area (Å²) in [5, 5.41) is 1.79. The predicted molar refractivity (Wildman–Crippen MR) is 85.7 cm³/mol. The number of hydrogen-bond donors (Lipinski definition) is 1. The van der Waals surface area contributed by atoms with Crippen LogP contribution in [0, 0.1) is 0 Å². The Bertz CT molecular complexity index is 708. The lowest BCUT2D eigenvalue weighted by Crippen LogP contribution is -2.31. The molecule has 2 rings (SSSR count). The molecule has 0 aromatic carbocycles. The molecule has 21 heavy (non-hydrogen) atoms. The molecule has 9 heteroatoms. The van der Waals surface area contributed by atoms with Crippen molar-refractivity contribution >= 4 is 37.9 Å². The Kier molecular flexibility index (Phi) is 5.26. The average molecular weight is 351 g/mol. The summed E-state index contributed by atoms with van der Waals surface area (Å²) in [4.78, 5) is 6.77. The number of fused-ring (bicyclic) bond motifs is 1. The number of hydrogen-bond acceptors (Lipinski definition) is 5. The first kappa shape index (κ1) is 16.7. The van der Waals surface area contributed by atoms with Crippen molar-refractivity contribution in [2.24, 2.45) is 0 Å². The number of nitrogens with zero attached hydrogens (tertiary/aromatic N) is 3. The van der Waals surface area contributed by atoms with E-state index in [2.05, 4.69) is 28.5 Å². The summed E-state index contributed by atoms with van der Waals surface area (Å²) in [6, 6.07) is 0.441. The van der Waals surface area contributed by atoms with Gasteiger partial charge in [0.1, 0.15) is 0 Å². The predicted octanol–water partition coefficient (Wildman–Crippen LogP) is 2.06. The Balaban J connectivity index is 2.02. The van der Waals surface area contributed by atoms with Crippen molar-refractivity contribution in [1.82, 2.24) is 19.0 Å². The highest BCUT2D eigenvalue weighted by atomic mass is 35.5. The first-order chi connectivity index (χ1) is 9.83. The summed E-state index contributed by atoms with van der Waals surface area (Å²) in [7, 11) is -1.64. The molecule has 2 aromatic heterocycles. The number of thiazole rings is 1. The lowest BCUT2D eigenvalue weighted by Gasteiger charge is -2.20. The smallest absolute Gasteiger partial charge is 0.259 e. The zero-order chi connectivity index (χ0) is 15.6. The van der Waals surface area contributed by atoms with E-state index in [9.17, 15) is 8.42 Å². The number of aromatic nitrogens is 2. The van der Waals surface area contributed by atoms with Gasteiger partial charge in [0, 0.05) is 24.2 Å². The monoisotopic (exact) mass is 350 g/mol. The van der Waals surface area contributed by atoms with Gasteiger partial charge in [-0.2, -0.15) is 0 Å². The van der Waals surface area contributed by atoms with E-state index < -0.39 is 10.0 Å². The fourth-order valence-electron chi connectivity index (χ4n) is 1.84. The van der Waals surface area contributed by atoms with E-state index in [4.69, 9.17) is 11.6 Å². The van der Waals surface area contributed by atoms with Gasteiger partial charge in [-0.15, -0.1) is 11.3 Å². The Hall–Kier alpha value is -0.670. The number of halogens is 1. The van der Waals surface area contributed by atoms with E-state index in [0.717, 1.165) is 13.0 Å². The van der Waals surface area contributed by atoms with Crippen molar-refractivity contribution in [2.45, 2.75) is 31.3 Å². The molecule has 0 aliphatic rings. The number of sulfonamides is 1. The lowest BCUT2D eigenvalue weighted by atomic mass is 10.3. The molecule has 0 aliphatic heterocycles. The van der Waals surface area contributed by atoms with Crippen LogP contribution >= 0.6 is 22.9 Å². The maximum absolute atomic E-state index is 12.3. The maximum Gasteiger partial charge on any atom is 0.259 e. The molecule has 0 bridgehead atoms. The van der Waals surface area contributed by atoms with Gasteiger partial charge in [0.15, 0.2) is 15.1 Å². The van der Waals surface area contributed by atoms with Crippen molar-refractivity contribution < 1.29 is 8.42 Å². The zero-order valence-corrected chi connectivity index (χ0v) is 14.6. The molecule has 2 heterocycles. The first-order valence-corrected chi connectivity index (χ1v) is 9.38. The van der Waals surface area contributed by atoms with Gasteiger partial charge in [-0.05, 0) is 33.9 Å². The Morgan fingerprint density at radius 2 is 2.24 bits per heavy atom. The van der Waals surface area contributed by atoms with E-state index in [1.165, 1.54) is 15.7 Å². The van der Waals surface area contributed by atoms with Crippen molar-refractivity contribution in [3.8, 4) is 0 Å². The van der Waals surface area contributed by atoms with E-state index in [1.54, 1.807) is 11.6 Å². The normalized spacial score (nSPS) is 12.9. The van der Waals surface area contributed by atoms with Gasteiger partial charge in [-0.1, -0.05) is 11.6 Å². The van der Waals surface area contributed by atoms with Gasteiger partial charge in [-0.3, -0.25) is 4.40 Å². The lowest BCUT2D eigenvalue weighted by molar-refractivity contribution is 0.271. The van der Waals surface area contributed by atoms with Crippen LogP contribution < -0.4 is 4.72 Å². The summed E-state index contributed by atoms with van der Waals surface area (Å²) in [6.07, 6.45) is 2.39. The summed E-state index contributed by atoms with van der Waals surface area (Å²) in [5.41, 5.74) is 0. The molecule has 0 radical (unpaired) electrons. The molecule has 118 valence electrons. The third-order valence-electron chi connectivity index (χ3n) is 3.29. The largest absolute Gasteiger partial charge is 0.304 e. The molecule has 0 saturated carbocycles. The zero-order valence-electron chi connectivity index (χ0n) is 12.2. The highest BCUT2D eigenvalue weighted by molar-refractivity contribution is 7.89. The van der Waals surface area contributed by atoms with Crippen LogP contribution in [-0.4, -0.2) is 48.9 Å². The van der Waals surface area contributed by atoms with Crippen LogP contribution in [-0.2, 0) is 10.0 Å². The van der Waals surface area contributed by atoms with Gasteiger partial charge in [-0.25, -0.2) is 18.1 Å². The fourth-order valence-corrected chi connectivity index (χ4v) is 4.36. The molecule has 0 spiro atoms. The second-order valence-electron chi connectivity index (χ2n) is 5.09. The molecular formula is C12H19ClN4O2S2. The highest BCUT2D eigenvalue weighted by Crippen LogP contribution is 2.25. The summed E-state index contributed by atoms with van der Waals surface area (Å²) in [5.74, 6) is 0. The van der Waals surface area contributed by atoms with E-state index >= 15 is 0 Å². The Morgan fingerprint density at radius 1 is 1.52 bits per heavy atom. The maximum atomic E-state index is 12.3. The summed E-state index contributed by atoms with van der Waals surface area (Å²) < 4.78 is 28.8. The standard InChI is InChI=1S/C12H19ClN4O2S2/c1-9(2)16(3)6-4-5-14-21(18,19)11-10(13)15-12-17(11)7-8-20-12/h7-9,14H,4-6H2,1-3H3. The minimum Gasteiger partial charge on any atom is -0.304 e. The number of imidazole rings is 1. The molecule has 0 aliphatic carbocycles. The molecule has 0 atom stereocenters. The first-order valence-electron chi connectivity index (χ1n) is 6.64. The van der Waals surface area contributed by atoms with Gasteiger partial charge >= 0.3 is 0 Å². The number of rotatable bonds is 7. The van der Waals surface area contributed by atoms with Crippen molar-refractivity contribution in [2.75, 3.05) is 20.1 Å². The van der Waals surface area contributed by atoms with Crippen LogP contribution in [0.15, 0.2) is 16.6 Å². The minimum atomic E-state index is -3.66. The van der Waals surface area contributed by atoms with Gasteiger partial charge < -0.3 is 4.90 Å². The third kappa shape index (κ3) is 3.75. The van der Waals surface area contributed by atoms with Crippen molar-refractivity contribution in [3.05, 3.63) is 16.7 Å². The molecule has 0 unspecified atom stereocenters. The van der Waals surface area contributed by atoms with Crippen molar-refractivity contribution in [1.29, 1.82) is 0 Å². The summed E-state index contributed by atoms with van der Waals surface area (Å²) >= 11 is 7.29. The molecule has 0 fully saturated rings. The van der Waals surface area contributed by atoms with Crippen LogP contribution in [0.4, 0.5) is 0 Å². The van der Waals surface area contributed by atoms with E-state index in [1.807, 2.05) is 7.05 Å². The molecule has 6 nitrogen and oxygen atoms in total. The van der Waals surface area contributed by atoms with Gasteiger partial charge in [0.25, 0.3) is 10.0 Å². The molecule has 0 saturated heterocycles. The minimum absolute atomic E-state index is 0.00801. The SMILES string of the molecule is CC(C)N(C)CCCNS(=O)(=O)c1c(Cl)nc2sccn12. The van der Waals surface area contributed by atoms with Crippen LogP contribution in [0.3, 0.4) is 0 Å². The van der Waals surface area contributed by atoms with Gasteiger partial charge in [0.2, 0.25) is 0 Å². The van der Waals surface area contributed by atoms with Crippen LogP contribution in [0.1, 0.15) is 20.3 Å². The molecule has 2 aromatic rings. The third-order valence-corrected chi connectivity index (χ3v) is 5.91. The Morgan fingerprint density at radius 3 is 2.90 bits per heavy atom. The van der Waals surface area contributed by atoms with E-state index in [-0.39, 0.29) is 10.2 Å². The quantitative estimate of drug-likeness (QED) is 0.776. The fraction of sp³-hybridized carbons (Fsp3) is 0.583. The highest BCUT2D eigenvalue weighted by Gasteiger charge is 2.24.